The summed E-state index contributed by atoms with van der Waals surface area (Å²) in [7, 11) is 1.55. The smallest absolute Gasteiger partial charge is 0.279 e. The lowest BCUT2D eigenvalue weighted by atomic mass is 10.2. The Kier molecular flexibility index (Phi) is 5.56. The fraction of sp³-hybridized carbons (Fsp3) is 0.238. The van der Waals surface area contributed by atoms with E-state index < -0.39 is 11.7 Å². The molecular weight excluding hydrogens is 409 g/mol. The Hall–Kier alpha value is -3.17. The average molecular weight is 427 g/mol. The van der Waals surface area contributed by atoms with E-state index in [1.807, 2.05) is 0 Å². The van der Waals surface area contributed by atoms with Gasteiger partial charge in [0, 0.05) is 32.1 Å². The Morgan fingerprint density at radius 2 is 1.83 bits per heavy atom. The number of nitrogens with zero attached hydrogens (tertiary/aromatic N) is 3. The average Bonchev–Trinajstić information content (AvgIpc) is 3.26. The highest BCUT2D eigenvalue weighted by atomic mass is 32.1. The number of para-hydroxylation sites is 1. The van der Waals surface area contributed by atoms with Crippen LogP contribution in [0.15, 0.2) is 47.5 Å². The third kappa shape index (κ3) is 3.69. The molecule has 7 nitrogen and oxygen atoms in total. The summed E-state index contributed by atoms with van der Waals surface area (Å²) >= 11 is 1.22. The van der Waals surface area contributed by atoms with Crippen LogP contribution in [-0.2, 0) is 20.9 Å². The monoisotopic (exact) mass is 427 g/mol. The number of ether oxygens (including phenoxy) is 1. The summed E-state index contributed by atoms with van der Waals surface area (Å²) in [4.78, 5) is 42.1. The molecule has 3 aromatic rings. The molecule has 4 rings (SSSR count). The summed E-state index contributed by atoms with van der Waals surface area (Å²) < 4.78 is 21.8. The van der Waals surface area contributed by atoms with Crippen molar-refractivity contribution in [3.05, 3.63) is 58.6 Å². The molecule has 0 bridgehead atoms. The number of hydrogen-bond acceptors (Lipinski definition) is 5. The summed E-state index contributed by atoms with van der Waals surface area (Å²) in [5, 5.41) is 0. The van der Waals surface area contributed by atoms with E-state index in [2.05, 4.69) is 4.99 Å². The van der Waals surface area contributed by atoms with Gasteiger partial charge in [-0.1, -0.05) is 17.4 Å². The normalized spacial score (nSPS) is 14.9. The van der Waals surface area contributed by atoms with Crippen LogP contribution in [0.2, 0.25) is 0 Å². The zero-order chi connectivity index (χ0) is 21.3. The van der Waals surface area contributed by atoms with Gasteiger partial charge in [0.1, 0.15) is 5.82 Å². The second kappa shape index (κ2) is 8.29. The molecule has 1 aromatic heterocycles. The van der Waals surface area contributed by atoms with Crippen LogP contribution in [0.5, 0.6) is 0 Å². The van der Waals surface area contributed by atoms with Crippen molar-refractivity contribution >= 4 is 45.0 Å². The molecule has 0 aliphatic carbocycles. The first-order valence-electron chi connectivity index (χ1n) is 9.31. The third-order valence-corrected chi connectivity index (χ3v) is 5.84. The van der Waals surface area contributed by atoms with Gasteiger partial charge < -0.3 is 9.30 Å². The van der Waals surface area contributed by atoms with Crippen LogP contribution >= 0.6 is 11.3 Å². The molecule has 0 N–H and O–H groups in total. The van der Waals surface area contributed by atoms with E-state index in [0.29, 0.717) is 39.4 Å². The van der Waals surface area contributed by atoms with Gasteiger partial charge in [0.15, 0.2) is 4.80 Å². The molecule has 9 heteroatoms. The van der Waals surface area contributed by atoms with Gasteiger partial charge >= 0.3 is 0 Å². The minimum absolute atomic E-state index is 0.193. The standard InChI is InChI=1S/C21H18FN3O4S/c1-29-12-11-24-19-15(22)3-2-4-16(19)30-21(24)23-20(28)13-5-7-14(8-6-13)25-17(26)9-10-18(25)27/h2-8H,9-12H2,1H3. The number of carbonyl (C=O) groups is 3. The number of anilines is 1. The number of aromatic nitrogens is 1. The summed E-state index contributed by atoms with van der Waals surface area (Å²) in [5.74, 6) is -1.40. The van der Waals surface area contributed by atoms with Gasteiger partial charge in [-0.05, 0) is 36.4 Å². The van der Waals surface area contributed by atoms with Crippen molar-refractivity contribution in [2.24, 2.45) is 4.99 Å². The van der Waals surface area contributed by atoms with Crippen molar-refractivity contribution in [2.75, 3.05) is 18.6 Å². The molecule has 30 heavy (non-hydrogen) atoms. The third-order valence-electron chi connectivity index (χ3n) is 4.79. The van der Waals surface area contributed by atoms with E-state index in [4.69, 9.17) is 4.74 Å². The number of amides is 3. The fourth-order valence-electron chi connectivity index (χ4n) is 3.33. The molecule has 0 atom stereocenters. The van der Waals surface area contributed by atoms with Crippen molar-refractivity contribution in [3.8, 4) is 0 Å². The van der Waals surface area contributed by atoms with Crippen LogP contribution in [0.4, 0.5) is 10.1 Å². The van der Waals surface area contributed by atoms with E-state index in [1.165, 1.54) is 29.5 Å². The maximum atomic E-state index is 14.4. The first-order valence-corrected chi connectivity index (χ1v) is 10.1. The highest BCUT2D eigenvalue weighted by molar-refractivity contribution is 7.16. The highest BCUT2D eigenvalue weighted by Gasteiger charge is 2.30. The number of benzene rings is 2. The van der Waals surface area contributed by atoms with E-state index in [9.17, 15) is 18.8 Å². The van der Waals surface area contributed by atoms with Crippen LogP contribution < -0.4 is 9.70 Å². The molecule has 1 aliphatic rings. The molecule has 3 amide bonds. The Bertz CT molecular complexity index is 1200. The Morgan fingerprint density at radius 1 is 1.13 bits per heavy atom. The van der Waals surface area contributed by atoms with E-state index in [-0.39, 0.29) is 24.7 Å². The van der Waals surface area contributed by atoms with Crippen molar-refractivity contribution in [1.29, 1.82) is 0 Å². The number of halogens is 1. The van der Waals surface area contributed by atoms with Crippen LogP contribution in [0.1, 0.15) is 23.2 Å². The van der Waals surface area contributed by atoms with E-state index in [0.717, 1.165) is 4.90 Å². The van der Waals surface area contributed by atoms with Gasteiger partial charge in [-0.25, -0.2) is 4.39 Å². The molecule has 2 heterocycles. The first-order chi connectivity index (χ1) is 14.5. The SMILES string of the molecule is COCCn1c(=NC(=O)c2ccc(N3C(=O)CCC3=O)cc2)sc2cccc(F)c21. The summed E-state index contributed by atoms with van der Waals surface area (Å²) in [6.45, 7) is 0.690. The lowest BCUT2D eigenvalue weighted by Gasteiger charge is -2.13. The van der Waals surface area contributed by atoms with Crippen LogP contribution in [0.3, 0.4) is 0 Å². The van der Waals surface area contributed by atoms with Gasteiger partial charge in [-0.2, -0.15) is 4.99 Å². The van der Waals surface area contributed by atoms with Gasteiger partial charge in [0.05, 0.1) is 22.5 Å². The number of imide groups is 1. The predicted molar refractivity (Wildman–Crippen MR) is 110 cm³/mol. The number of rotatable bonds is 5. The summed E-state index contributed by atoms with van der Waals surface area (Å²) in [6, 6.07) is 10.9. The maximum absolute atomic E-state index is 14.4. The van der Waals surface area contributed by atoms with Crippen molar-refractivity contribution in [2.45, 2.75) is 19.4 Å². The van der Waals surface area contributed by atoms with Crippen molar-refractivity contribution in [3.63, 3.8) is 0 Å². The lowest BCUT2D eigenvalue weighted by molar-refractivity contribution is -0.121. The number of methoxy groups -OCH3 is 1. The van der Waals surface area contributed by atoms with E-state index >= 15 is 0 Å². The van der Waals surface area contributed by atoms with Crippen LogP contribution in [0.25, 0.3) is 10.2 Å². The Morgan fingerprint density at radius 3 is 2.50 bits per heavy atom. The van der Waals surface area contributed by atoms with Crippen LogP contribution in [0, 0.1) is 5.82 Å². The minimum Gasteiger partial charge on any atom is -0.383 e. The fourth-order valence-corrected chi connectivity index (χ4v) is 4.40. The number of hydrogen-bond donors (Lipinski definition) is 0. The topological polar surface area (TPSA) is 81.0 Å². The molecule has 154 valence electrons. The number of fused-ring (bicyclic) bond motifs is 1. The predicted octanol–water partition coefficient (Wildman–Crippen LogP) is 2.88. The molecule has 2 aromatic carbocycles. The van der Waals surface area contributed by atoms with Crippen molar-refractivity contribution < 1.29 is 23.5 Å². The molecule has 0 unspecified atom stereocenters. The zero-order valence-electron chi connectivity index (χ0n) is 16.1. The molecule has 1 aliphatic heterocycles. The van der Waals surface area contributed by atoms with Crippen LogP contribution in [-0.4, -0.2) is 36.0 Å². The second-order valence-electron chi connectivity index (χ2n) is 6.70. The van der Waals surface area contributed by atoms with Gasteiger partial charge in [0.2, 0.25) is 11.8 Å². The molecule has 1 saturated heterocycles. The van der Waals surface area contributed by atoms with Gasteiger partial charge in [-0.15, -0.1) is 0 Å². The first kappa shape index (κ1) is 20.1. The Labute approximate surface area is 175 Å². The van der Waals surface area contributed by atoms with Gasteiger partial charge in [0.25, 0.3) is 5.91 Å². The molecule has 0 radical (unpaired) electrons. The molecule has 0 spiro atoms. The molecule has 1 fully saturated rings. The summed E-state index contributed by atoms with van der Waals surface area (Å²) in [5.41, 5.74) is 1.11. The zero-order valence-corrected chi connectivity index (χ0v) is 16.9. The second-order valence-corrected chi connectivity index (χ2v) is 7.71. The minimum atomic E-state index is -0.501. The Balaban J connectivity index is 1.69. The lowest BCUT2D eigenvalue weighted by Crippen LogP contribution is -2.28. The van der Waals surface area contributed by atoms with E-state index in [1.54, 1.807) is 35.9 Å². The quantitative estimate of drug-likeness (QED) is 0.587. The largest absolute Gasteiger partial charge is 0.383 e. The highest BCUT2D eigenvalue weighted by Crippen LogP contribution is 2.23. The van der Waals surface area contributed by atoms with Gasteiger partial charge in [-0.3, -0.25) is 19.3 Å². The number of carbonyl (C=O) groups excluding carboxylic acids is 3. The molecule has 0 saturated carbocycles. The van der Waals surface area contributed by atoms with Crippen molar-refractivity contribution in [1.82, 2.24) is 4.57 Å². The number of thiazole rings is 1. The summed E-state index contributed by atoms with van der Waals surface area (Å²) in [6.07, 6.45) is 0.387. The maximum Gasteiger partial charge on any atom is 0.279 e. The molecular formula is C21H18FN3O4S.